The molecule has 132 valence electrons. The summed E-state index contributed by atoms with van der Waals surface area (Å²) in [6.45, 7) is 3.98. The second-order valence-electron chi connectivity index (χ2n) is 5.82. The number of rotatable bonds is 4. The van der Waals surface area contributed by atoms with Crippen molar-refractivity contribution in [3.8, 4) is 5.69 Å². The summed E-state index contributed by atoms with van der Waals surface area (Å²) in [5.41, 5.74) is 6.79. The fourth-order valence-electron chi connectivity index (χ4n) is 2.78. The number of aryl methyl sites for hydroxylation is 1. The molecule has 0 radical (unpaired) electrons. The largest absolute Gasteiger partial charge is 0.316 e. The Morgan fingerprint density at radius 3 is 2.58 bits per heavy atom. The maximum atomic E-state index is 12.1. The van der Waals surface area contributed by atoms with Gasteiger partial charge in [0, 0.05) is 27.5 Å². The summed E-state index contributed by atoms with van der Waals surface area (Å²) in [6.07, 6.45) is 1.62. The van der Waals surface area contributed by atoms with Gasteiger partial charge in [-0.15, -0.1) is 0 Å². The molecule has 0 aliphatic heterocycles. The van der Waals surface area contributed by atoms with Crippen LogP contribution in [0, 0.1) is 13.8 Å². The molecule has 0 spiro atoms. The molecule has 0 unspecified atom stereocenters. The fraction of sp³-hybridized carbons (Fsp3) is 0.100. The number of hydrogen-bond acceptors (Lipinski definition) is 2. The van der Waals surface area contributed by atoms with Crippen LogP contribution >= 0.6 is 23.2 Å². The van der Waals surface area contributed by atoms with Crippen molar-refractivity contribution in [2.45, 2.75) is 13.8 Å². The van der Waals surface area contributed by atoms with Gasteiger partial charge >= 0.3 is 0 Å². The Kier molecular flexibility index (Phi) is 5.45. The van der Waals surface area contributed by atoms with E-state index in [4.69, 9.17) is 23.2 Å². The molecule has 0 aliphatic rings. The average Bonchev–Trinajstić information content (AvgIpc) is 2.89. The predicted octanol–water partition coefficient (Wildman–Crippen LogP) is 5.16. The van der Waals surface area contributed by atoms with Crippen LogP contribution in [0.2, 0.25) is 10.0 Å². The molecule has 6 heteroatoms. The summed E-state index contributed by atoms with van der Waals surface area (Å²) >= 11 is 12.2. The first-order valence-corrected chi connectivity index (χ1v) is 8.76. The number of hydrazone groups is 1. The molecule has 3 aromatic rings. The average molecular weight is 386 g/mol. The van der Waals surface area contributed by atoms with Gasteiger partial charge in [-0.05, 0) is 50.2 Å². The van der Waals surface area contributed by atoms with Gasteiger partial charge in [0.15, 0.2) is 0 Å². The normalized spacial score (nSPS) is 11.1. The summed E-state index contributed by atoms with van der Waals surface area (Å²) in [5.74, 6) is -0.316. The molecule has 0 fully saturated rings. The minimum absolute atomic E-state index is 0.316. The van der Waals surface area contributed by atoms with Gasteiger partial charge < -0.3 is 4.57 Å². The maximum Gasteiger partial charge on any atom is 0.271 e. The second-order valence-corrected chi connectivity index (χ2v) is 6.67. The molecular weight excluding hydrogens is 369 g/mol. The SMILES string of the molecule is Cc1cc(/C=N\NC(=O)c2cccc(Cl)c2)c(C)n1-c1ccccc1Cl. The van der Waals surface area contributed by atoms with Crippen LogP contribution in [-0.4, -0.2) is 16.7 Å². The third kappa shape index (κ3) is 3.82. The number of nitrogens with zero attached hydrogens (tertiary/aromatic N) is 2. The lowest BCUT2D eigenvalue weighted by molar-refractivity contribution is 0.0955. The van der Waals surface area contributed by atoms with Gasteiger partial charge in [-0.3, -0.25) is 4.79 Å². The zero-order chi connectivity index (χ0) is 18.7. The number of carbonyl (C=O) groups is 1. The minimum Gasteiger partial charge on any atom is -0.316 e. The number of carbonyl (C=O) groups excluding carboxylic acids is 1. The number of halogens is 2. The van der Waals surface area contributed by atoms with Gasteiger partial charge in [0.1, 0.15) is 0 Å². The first-order chi connectivity index (χ1) is 12.5. The van der Waals surface area contributed by atoms with Crippen molar-refractivity contribution < 1.29 is 4.79 Å². The topological polar surface area (TPSA) is 46.4 Å². The summed E-state index contributed by atoms with van der Waals surface area (Å²) in [5, 5.41) is 5.24. The molecule has 0 saturated heterocycles. The van der Waals surface area contributed by atoms with Gasteiger partial charge in [-0.1, -0.05) is 41.4 Å². The van der Waals surface area contributed by atoms with E-state index in [1.54, 1.807) is 30.5 Å². The van der Waals surface area contributed by atoms with E-state index in [1.165, 1.54) is 0 Å². The van der Waals surface area contributed by atoms with Crippen LogP contribution in [0.5, 0.6) is 0 Å². The number of aromatic nitrogens is 1. The monoisotopic (exact) mass is 385 g/mol. The van der Waals surface area contributed by atoms with E-state index >= 15 is 0 Å². The van der Waals surface area contributed by atoms with E-state index in [1.807, 2.05) is 44.2 Å². The van der Waals surface area contributed by atoms with Crippen LogP contribution in [0.15, 0.2) is 59.7 Å². The van der Waals surface area contributed by atoms with E-state index in [2.05, 4.69) is 15.1 Å². The molecule has 4 nitrogen and oxygen atoms in total. The number of benzene rings is 2. The summed E-state index contributed by atoms with van der Waals surface area (Å²) in [6, 6.07) is 16.4. The van der Waals surface area contributed by atoms with E-state index in [0.717, 1.165) is 22.6 Å². The molecule has 0 atom stereocenters. The molecule has 1 heterocycles. The van der Waals surface area contributed by atoms with E-state index in [9.17, 15) is 4.79 Å². The highest BCUT2D eigenvalue weighted by molar-refractivity contribution is 6.32. The Labute approximate surface area is 162 Å². The molecule has 1 N–H and O–H groups in total. The highest BCUT2D eigenvalue weighted by atomic mass is 35.5. The maximum absolute atomic E-state index is 12.1. The second kappa shape index (κ2) is 7.77. The van der Waals surface area contributed by atoms with Crippen molar-refractivity contribution in [1.82, 2.24) is 9.99 Å². The Morgan fingerprint density at radius 2 is 1.85 bits per heavy atom. The molecule has 1 amide bonds. The van der Waals surface area contributed by atoms with Crippen molar-refractivity contribution in [3.63, 3.8) is 0 Å². The summed E-state index contributed by atoms with van der Waals surface area (Å²) in [7, 11) is 0. The predicted molar refractivity (Wildman–Crippen MR) is 107 cm³/mol. The standard InChI is InChI=1S/C20H17Cl2N3O/c1-13-10-16(14(2)25(13)19-9-4-3-8-18(19)22)12-23-24-20(26)15-6-5-7-17(21)11-15/h3-12H,1-2H3,(H,24,26)/b23-12-. The Balaban J connectivity index is 1.81. The third-order valence-electron chi connectivity index (χ3n) is 4.02. The van der Waals surface area contributed by atoms with Crippen molar-refractivity contribution in [2.75, 3.05) is 0 Å². The first kappa shape index (κ1) is 18.2. The highest BCUT2D eigenvalue weighted by Gasteiger charge is 2.12. The van der Waals surface area contributed by atoms with E-state index in [-0.39, 0.29) is 5.91 Å². The first-order valence-electron chi connectivity index (χ1n) is 8.00. The van der Waals surface area contributed by atoms with Gasteiger partial charge in [-0.2, -0.15) is 5.10 Å². The van der Waals surface area contributed by atoms with Crippen LogP contribution in [-0.2, 0) is 0 Å². The van der Waals surface area contributed by atoms with Crippen LogP contribution in [0.25, 0.3) is 5.69 Å². The summed E-state index contributed by atoms with van der Waals surface area (Å²) in [4.78, 5) is 12.1. The molecule has 0 saturated carbocycles. The van der Waals surface area contributed by atoms with E-state index < -0.39 is 0 Å². The van der Waals surface area contributed by atoms with Gasteiger partial charge in [0.25, 0.3) is 5.91 Å². The summed E-state index contributed by atoms with van der Waals surface area (Å²) < 4.78 is 2.06. The molecular formula is C20H17Cl2N3O. The van der Waals surface area contributed by atoms with Crippen LogP contribution in [0.1, 0.15) is 27.3 Å². The molecule has 0 bridgehead atoms. The minimum atomic E-state index is -0.316. The van der Waals surface area contributed by atoms with Crippen molar-refractivity contribution in [1.29, 1.82) is 0 Å². The Morgan fingerprint density at radius 1 is 1.08 bits per heavy atom. The lowest BCUT2D eigenvalue weighted by Gasteiger charge is -2.11. The van der Waals surface area contributed by atoms with Crippen LogP contribution in [0.3, 0.4) is 0 Å². The zero-order valence-electron chi connectivity index (χ0n) is 14.3. The lowest BCUT2D eigenvalue weighted by atomic mass is 10.2. The van der Waals surface area contributed by atoms with Crippen molar-refractivity contribution >= 4 is 35.3 Å². The van der Waals surface area contributed by atoms with Gasteiger partial charge in [0.2, 0.25) is 0 Å². The number of amides is 1. The Hall–Kier alpha value is -2.56. The van der Waals surface area contributed by atoms with Gasteiger partial charge in [-0.25, -0.2) is 5.43 Å². The highest BCUT2D eigenvalue weighted by Crippen LogP contribution is 2.25. The molecule has 0 aliphatic carbocycles. The molecule has 3 rings (SSSR count). The van der Waals surface area contributed by atoms with Crippen LogP contribution < -0.4 is 5.43 Å². The van der Waals surface area contributed by atoms with Crippen LogP contribution in [0.4, 0.5) is 0 Å². The van der Waals surface area contributed by atoms with E-state index in [0.29, 0.717) is 15.6 Å². The Bertz CT molecular complexity index is 992. The quantitative estimate of drug-likeness (QED) is 0.488. The molecule has 2 aromatic carbocycles. The van der Waals surface area contributed by atoms with Gasteiger partial charge in [0.05, 0.1) is 16.9 Å². The lowest BCUT2D eigenvalue weighted by Crippen LogP contribution is -2.17. The molecule has 1 aromatic heterocycles. The number of para-hydroxylation sites is 1. The number of hydrogen-bond donors (Lipinski definition) is 1. The van der Waals surface area contributed by atoms with Crippen molar-refractivity contribution in [2.24, 2.45) is 5.10 Å². The molecule has 26 heavy (non-hydrogen) atoms. The number of nitrogens with one attached hydrogen (secondary N) is 1. The third-order valence-corrected chi connectivity index (χ3v) is 4.57. The fourth-order valence-corrected chi connectivity index (χ4v) is 3.19. The van der Waals surface area contributed by atoms with Crippen molar-refractivity contribution in [3.05, 3.63) is 87.2 Å². The smallest absolute Gasteiger partial charge is 0.271 e. The zero-order valence-corrected chi connectivity index (χ0v) is 15.8.